The fourth-order valence-corrected chi connectivity index (χ4v) is 4.82. The molecule has 6 nitrogen and oxygen atoms in total. The molecule has 0 radical (unpaired) electrons. The Balaban J connectivity index is 1.93. The Hall–Kier alpha value is -2.26. The van der Waals surface area contributed by atoms with Crippen molar-refractivity contribution in [2.75, 3.05) is 17.6 Å². The summed E-state index contributed by atoms with van der Waals surface area (Å²) in [5.74, 6) is 0.651. The number of hydrogen-bond acceptors (Lipinski definition) is 6. The van der Waals surface area contributed by atoms with Crippen LogP contribution in [-0.2, 0) is 15.6 Å². The van der Waals surface area contributed by atoms with Crippen LogP contribution in [0.1, 0.15) is 18.9 Å². The van der Waals surface area contributed by atoms with Gasteiger partial charge < -0.3 is 10.5 Å². The first-order chi connectivity index (χ1) is 12.7. The van der Waals surface area contributed by atoms with Crippen LogP contribution in [0.15, 0.2) is 52.4 Å². The molecule has 27 heavy (non-hydrogen) atoms. The molecule has 3 rings (SSSR count). The highest BCUT2D eigenvalue weighted by atomic mass is 32.2. The summed E-state index contributed by atoms with van der Waals surface area (Å²) < 4.78 is 46.8. The van der Waals surface area contributed by atoms with Crippen LogP contribution < -0.4 is 15.2 Å². The van der Waals surface area contributed by atoms with Gasteiger partial charge in [-0.25, -0.2) is 12.8 Å². The lowest BCUT2D eigenvalue weighted by Crippen LogP contribution is -2.29. The summed E-state index contributed by atoms with van der Waals surface area (Å²) in [7, 11) is -2.46. The van der Waals surface area contributed by atoms with Crippen LogP contribution in [-0.4, -0.2) is 26.4 Å². The predicted molar refractivity (Wildman–Crippen MR) is 106 cm³/mol. The number of hydrogen-bond donors (Lipinski definition) is 2. The zero-order valence-electron chi connectivity index (χ0n) is 14.9. The van der Waals surface area contributed by atoms with Crippen LogP contribution in [0.2, 0.25) is 0 Å². The summed E-state index contributed by atoms with van der Waals surface area (Å²) in [5.41, 5.74) is 5.78. The van der Waals surface area contributed by atoms with Crippen LogP contribution in [0.4, 0.5) is 10.1 Å². The van der Waals surface area contributed by atoms with E-state index < -0.39 is 21.4 Å². The molecule has 1 unspecified atom stereocenters. The molecule has 9 heteroatoms. The molecule has 3 N–H and O–H groups in total. The number of aliphatic imine (C=N–C) groups is 1. The standard InChI is InChI=1S/C18H20FN3O3S2/c1-18(9-10-26-17(20)21-18)12-3-8-15(19)16(11-12)22-27(23,24)14-6-4-13(25-2)5-7-14/h3-8,11,22H,9-10H2,1-2H3,(H2,20,21). The molecule has 1 heterocycles. The number of thioether (sulfide) groups is 1. The Morgan fingerprint density at radius 2 is 1.96 bits per heavy atom. The lowest BCUT2D eigenvalue weighted by atomic mass is 9.89. The molecular weight excluding hydrogens is 389 g/mol. The maximum Gasteiger partial charge on any atom is 0.261 e. The fraction of sp³-hybridized carbons (Fsp3) is 0.278. The van der Waals surface area contributed by atoms with E-state index in [0.29, 0.717) is 22.9 Å². The van der Waals surface area contributed by atoms with E-state index in [1.807, 2.05) is 6.92 Å². The van der Waals surface area contributed by atoms with Gasteiger partial charge in [0.05, 0.1) is 23.2 Å². The van der Waals surface area contributed by atoms with E-state index in [9.17, 15) is 12.8 Å². The lowest BCUT2D eigenvalue weighted by molar-refractivity contribution is 0.414. The molecule has 0 fully saturated rings. The van der Waals surface area contributed by atoms with Crippen molar-refractivity contribution in [3.05, 3.63) is 53.8 Å². The molecule has 0 amide bonds. The van der Waals surface area contributed by atoms with E-state index in [-0.39, 0.29) is 10.6 Å². The van der Waals surface area contributed by atoms with Crippen molar-refractivity contribution in [3.8, 4) is 5.75 Å². The number of halogens is 1. The summed E-state index contributed by atoms with van der Waals surface area (Å²) >= 11 is 1.46. The molecule has 144 valence electrons. The molecule has 0 aliphatic carbocycles. The quantitative estimate of drug-likeness (QED) is 0.790. The second kappa shape index (κ2) is 7.40. The first-order valence-corrected chi connectivity index (χ1v) is 10.7. The van der Waals surface area contributed by atoms with Gasteiger partial charge in [-0.15, -0.1) is 0 Å². The normalized spacial score (nSPS) is 20.0. The smallest absolute Gasteiger partial charge is 0.261 e. The van der Waals surface area contributed by atoms with E-state index in [4.69, 9.17) is 10.5 Å². The van der Waals surface area contributed by atoms with Gasteiger partial charge in [-0.05, 0) is 55.3 Å². The molecule has 0 saturated heterocycles. The second-order valence-corrected chi connectivity index (χ2v) is 9.10. The maximum atomic E-state index is 14.3. The predicted octanol–water partition coefficient (Wildman–Crippen LogP) is 3.30. The number of benzene rings is 2. The van der Waals surface area contributed by atoms with Crippen LogP contribution >= 0.6 is 11.8 Å². The van der Waals surface area contributed by atoms with Gasteiger partial charge in [0.1, 0.15) is 11.6 Å². The minimum absolute atomic E-state index is 0.00986. The maximum absolute atomic E-state index is 14.3. The number of anilines is 1. The number of methoxy groups -OCH3 is 1. The first kappa shape index (κ1) is 19.5. The number of nitrogens with two attached hydrogens (primary N) is 1. The van der Waals surface area contributed by atoms with Crippen molar-refractivity contribution >= 4 is 32.6 Å². The van der Waals surface area contributed by atoms with E-state index >= 15 is 0 Å². The van der Waals surface area contributed by atoms with Crippen LogP contribution in [0, 0.1) is 5.82 Å². The topological polar surface area (TPSA) is 93.8 Å². The lowest BCUT2D eigenvalue weighted by Gasteiger charge is -2.30. The Morgan fingerprint density at radius 3 is 2.59 bits per heavy atom. The molecule has 0 spiro atoms. The molecule has 1 aliphatic heterocycles. The Labute approximate surface area is 162 Å². The van der Waals surface area contributed by atoms with Gasteiger partial charge in [-0.3, -0.25) is 9.71 Å². The van der Waals surface area contributed by atoms with Crippen molar-refractivity contribution in [3.63, 3.8) is 0 Å². The summed E-state index contributed by atoms with van der Waals surface area (Å²) in [6, 6.07) is 10.2. The first-order valence-electron chi connectivity index (χ1n) is 8.18. The van der Waals surface area contributed by atoms with Gasteiger partial charge in [0.2, 0.25) is 0 Å². The highest BCUT2D eigenvalue weighted by molar-refractivity contribution is 8.13. The van der Waals surface area contributed by atoms with Gasteiger partial charge >= 0.3 is 0 Å². The number of sulfonamides is 1. The number of ether oxygens (including phenoxy) is 1. The molecular formula is C18H20FN3O3S2. The highest BCUT2D eigenvalue weighted by Gasteiger charge is 2.30. The molecule has 1 aliphatic rings. The largest absolute Gasteiger partial charge is 0.497 e. The van der Waals surface area contributed by atoms with Crippen molar-refractivity contribution in [2.45, 2.75) is 23.8 Å². The molecule has 1 atom stereocenters. The van der Waals surface area contributed by atoms with Crippen molar-refractivity contribution in [2.24, 2.45) is 10.7 Å². The van der Waals surface area contributed by atoms with Gasteiger partial charge in [-0.1, -0.05) is 17.8 Å². The molecule has 2 aromatic carbocycles. The van der Waals surface area contributed by atoms with E-state index in [2.05, 4.69) is 9.71 Å². The van der Waals surface area contributed by atoms with E-state index in [1.54, 1.807) is 6.07 Å². The van der Waals surface area contributed by atoms with Gasteiger partial charge in [0.25, 0.3) is 10.0 Å². The van der Waals surface area contributed by atoms with Crippen LogP contribution in [0.3, 0.4) is 0 Å². The van der Waals surface area contributed by atoms with Crippen LogP contribution in [0.25, 0.3) is 0 Å². The third-order valence-corrected chi connectivity index (χ3v) is 6.57. The average Bonchev–Trinajstić information content (AvgIpc) is 2.63. The van der Waals surface area contributed by atoms with Gasteiger partial charge in [-0.2, -0.15) is 0 Å². The van der Waals surface area contributed by atoms with Crippen molar-refractivity contribution in [1.82, 2.24) is 0 Å². The number of nitrogens with zero attached hydrogens (tertiary/aromatic N) is 1. The summed E-state index contributed by atoms with van der Waals surface area (Å²) in [6.45, 7) is 1.90. The number of rotatable bonds is 5. The van der Waals surface area contributed by atoms with Crippen molar-refractivity contribution < 1.29 is 17.5 Å². The number of amidine groups is 1. The Bertz CT molecular complexity index is 978. The highest BCUT2D eigenvalue weighted by Crippen LogP contribution is 2.36. The second-order valence-electron chi connectivity index (χ2n) is 6.30. The van der Waals surface area contributed by atoms with Crippen LogP contribution in [0.5, 0.6) is 5.75 Å². The van der Waals surface area contributed by atoms with E-state index in [0.717, 1.165) is 5.75 Å². The third kappa shape index (κ3) is 4.19. The van der Waals surface area contributed by atoms with Gasteiger partial charge in [0.15, 0.2) is 5.17 Å². The molecule has 0 aromatic heterocycles. The summed E-state index contributed by atoms with van der Waals surface area (Å²) in [6.07, 6.45) is 0.717. The molecule has 0 bridgehead atoms. The third-order valence-electron chi connectivity index (χ3n) is 4.40. The monoisotopic (exact) mass is 409 g/mol. The minimum Gasteiger partial charge on any atom is -0.497 e. The van der Waals surface area contributed by atoms with Crippen molar-refractivity contribution in [1.29, 1.82) is 0 Å². The Kier molecular flexibility index (Phi) is 5.34. The fourth-order valence-electron chi connectivity index (χ4n) is 2.79. The SMILES string of the molecule is COc1ccc(S(=O)(=O)Nc2cc(C3(C)CCSC(N)=N3)ccc2F)cc1. The van der Waals surface area contributed by atoms with Gasteiger partial charge in [0, 0.05) is 5.75 Å². The summed E-state index contributed by atoms with van der Waals surface area (Å²) in [4.78, 5) is 4.48. The zero-order chi connectivity index (χ0) is 19.7. The summed E-state index contributed by atoms with van der Waals surface area (Å²) in [5, 5.41) is 0.466. The Morgan fingerprint density at radius 1 is 1.26 bits per heavy atom. The number of nitrogens with one attached hydrogen (secondary N) is 1. The molecule has 0 saturated carbocycles. The minimum atomic E-state index is -3.95. The average molecular weight is 410 g/mol. The van der Waals surface area contributed by atoms with E-state index in [1.165, 1.54) is 55.3 Å². The zero-order valence-corrected chi connectivity index (χ0v) is 16.5. The molecule has 2 aromatic rings.